The van der Waals surface area contributed by atoms with Crippen LogP contribution >= 0.6 is 0 Å². The molecule has 0 heterocycles. The molecule has 112 valence electrons. The molecule has 2 rings (SSSR count). The Morgan fingerprint density at radius 2 is 1.85 bits per heavy atom. The van der Waals surface area contributed by atoms with Crippen molar-refractivity contribution in [2.24, 2.45) is 11.7 Å². The molecule has 1 saturated carbocycles. The molecule has 20 heavy (non-hydrogen) atoms. The summed E-state index contributed by atoms with van der Waals surface area (Å²) in [6.07, 6.45) is 4.65. The van der Waals surface area contributed by atoms with E-state index in [-0.39, 0.29) is 4.90 Å². The van der Waals surface area contributed by atoms with Gasteiger partial charge in [0, 0.05) is 13.1 Å². The number of hydrogen-bond acceptors (Lipinski definition) is 4. The highest BCUT2D eigenvalue weighted by atomic mass is 32.2. The summed E-state index contributed by atoms with van der Waals surface area (Å²) in [6, 6.07) is 6.42. The molecule has 1 aliphatic carbocycles. The van der Waals surface area contributed by atoms with Crippen LogP contribution in [-0.2, 0) is 10.0 Å². The maximum atomic E-state index is 12.1. The molecular formula is C14H22N2O3S. The van der Waals surface area contributed by atoms with Crippen LogP contribution in [-0.4, -0.2) is 28.1 Å². The molecule has 1 aliphatic rings. The third-order valence-corrected chi connectivity index (χ3v) is 5.00. The van der Waals surface area contributed by atoms with Gasteiger partial charge >= 0.3 is 0 Å². The van der Waals surface area contributed by atoms with E-state index >= 15 is 0 Å². The standard InChI is InChI=1S/C14H22N2O3S/c15-9-10-19-13-5-7-14(8-6-13)20(17,18)16-11-12-3-1-2-4-12/h5-8,12,16H,1-4,9-11,15H2. The molecule has 0 amide bonds. The van der Waals surface area contributed by atoms with Crippen LogP contribution in [0.4, 0.5) is 0 Å². The van der Waals surface area contributed by atoms with E-state index in [0.29, 0.717) is 31.4 Å². The number of hydrogen-bond donors (Lipinski definition) is 2. The smallest absolute Gasteiger partial charge is 0.240 e. The third-order valence-electron chi connectivity index (χ3n) is 3.56. The highest BCUT2D eigenvalue weighted by molar-refractivity contribution is 7.89. The quantitative estimate of drug-likeness (QED) is 0.799. The zero-order chi connectivity index (χ0) is 14.4. The first kappa shape index (κ1) is 15.3. The maximum absolute atomic E-state index is 12.1. The molecule has 0 bridgehead atoms. The Balaban J connectivity index is 1.94. The topological polar surface area (TPSA) is 81.4 Å². The van der Waals surface area contributed by atoms with Crippen molar-refractivity contribution in [3.05, 3.63) is 24.3 Å². The molecule has 0 aromatic heterocycles. The summed E-state index contributed by atoms with van der Waals surface area (Å²) in [5.74, 6) is 1.11. The molecule has 1 aromatic rings. The van der Waals surface area contributed by atoms with Crippen LogP contribution in [0.3, 0.4) is 0 Å². The molecule has 6 heteroatoms. The van der Waals surface area contributed by atoms with Crippen molar-refractivity contribution in [1.29, 1.82) is 0 Å². The summed E-state index contributed by atoms with van der Waals surface area (Å²) in [6.45, 7) is 1.39. The van der Waals surface area contributed by atoms with Gasteiger partial charge in [0.15, 0.2) is 0 Å². The van der Waals surface area contributed by atoms with Crippen molar-refractivity contribution in [2.75, 3.05) is 19.7 Å². The summed E-state index contributed by atoms with van der Waals surface area (Å²) < 4.78 is 32.3. The van der Waals surface area contributed by atoms with Crippen LogP contribution < -0.4 is 15.2 Å². The van der Waals surface area contributed by atoms with Crippen molar-refractivity contribution in [2.45, 2.75) is 30.6 Å². The molecule has 1 aromatic carbocycles. The van der Waals surface area contributed by atoms with Crippen LogP contribution in [0.25, 0.3) is 0 Å². The Kier molecular flexibility index (Phi) is 5.39. The third kappa shape index (κ3) is 4.19. The Morgan fingerprint density at radius 1 is 1.20 bits per heavy atom. The van der Waals surface area contributed by atoms with Gasteiger partial charge in [0.1, 0.15) is 12.4 Å². The predicted molar refractivity (Wildman–Crippen MR) is 78.1 cm³/mol. The Labute approximate surface area is 120 Å². The highest BCUT2D eigenvalue weighted by Crippen LogP contribution is 2.24. The molecular weight excluding hydrogens is 276 g/mol. The van der Waals surface area contributed by atoms with Gasteiger partial charge in [-0.15, -0.1) is 0 Å². The van der Waals surface area contributed by atoms with Crippen molar-refractivity contribution in [3.8, 4) is 5.75 Å². The van der Waals surface area contributed by atoms with Crippen LogP contribution in [0.2, 0.25) is 0 Å². The summed E-state index contributed by atoms with van der Waals surface area (Å²) in [4.78, 5) is 0.274. The van der Waals surface area contributed by atoms with Gasteiger partial charge in [-0.25, -0.2) is 13.1 Å². The summed E-state index contributed by atoms with van der Waals surface area (Å²) in [7, 11) is -3.42. The molecule has 0 aliphatic heterocycles. The van der Waals surface area contributed by atoms with E-state index in [2.05, 4.69) is 4.72 Å². The minimum atomic E-state index is -3.42. The van der Waals surface area contributed by atoms with Gasteiger partial charge < -0.3 is 10.5 Å². The number of nitrogens with one attached hydrogen (secondary N) is 1. The fourth-order valence-electron chi connectivity index (χ4n) is 2.42. The van der Waals surface area contributed by atoms with Gasteiger partial charge in [0.2, 0.25) is 10.0 Å². The predicted octanol–water partition coefficient (Wildman–Crippen LogP) is 1.49. The molecule has 0 saturated heterocycles. The largest absolute Gasteiger partial charge is 0.492 e. The minimum Gasteiger partial charge on any atom is -0.492 e. The maximum Gasteiger partial charge on any atom is 0.240 e. The number of rotatable bonds is 7. The zero-order valence-corrected chi connectivity index (χ0v) is 12.4. The number of ether oxygens (including phenoxy) is 1. The van der Waals surface area contributed by atoms with E-state index in [1.807, 2.05) is 0 Å². The number of sulfonamides is 1. The zero-order valence-electron chi connectivity index (χ0n) is 11.5. The van der Waals surface area contributed by atoms with E-state index in [1.165, 1.54) is 12.8 Å². The van der Waals surface area contributed by atoms with Gasteiger partial charge in [0.05, 0.1) is 4.90 Å². The Morgan fingerprint density at radius 3 is 2.45 bits per heavy atom. The molecule has 0 atom stereocenters. The average Bonchev–Trinajstić information content (AvgIpc) is 2.97. The highest BCUT2D eigenvalue weighted by Gasteiger charge is 2.19. The number of nitrogens with two attached hydrogens (primary N) is 1. The molecule has 0 spiro atoms. The monoisotopic (exact) mass is 298 g/mol. The van der Waals surface area contributed by atoms with E-state index in [0.717, 1.165) is 12.8 Å². The SMILES string of the molecule is NCCOc1ccc(S(=O)(=O)NCC2CCCC2)cc1. The molecule has 5 nitrogen and oxygen atoms in total. The van der Waals surface area contributed by atoms with Gasteiger partial charge in [-0.3, -0.25) is 0 Å². The first-order valence-electron chi connectivity index (χ1n) is 7.04. The minimum absolute atomic E-state index is 0.274. The van der Waals surface area contributed by atoms with Crippen molar-refractivity contribution in [1.82, 2.24) is 4.72 Å². The summed E-state index contributed by atoms with van der Waals surface area (Å²) in [5.41, 5.74) is 5.34. The fraction of sp³-hybridized carbons (Fsp3) is 0.571. The van der Waals surface area contributed by atoms with Gasteiger partial charge in [-0.2, -0.15) is 0 Å². The van der Waals surface area contributed by atoms with E-state index in [1.54, 1.807) is 24.3 Å². The normalized spacial score (nSPS) is 16.4. The molecule has 1 fully saturated rings. The second kappa shape index (κ2) is 7.06. The van der Waals surface area contributed by atoms with Crippen LogP contribution in [0.5, 0.6) is 5.75 Å². The second-order valence-corrected chi connectivity index (χ2v) is 6.88. The molecule has 0 unspecified atom stereocenters. The van der Waals surface area contributed by atoms with Gasteiger partial charge in [-0.05, 0) is 43.0 Å². The van der Waals surface area contributed by atoms with Crippen LogP contribution in [0.1, 0.15) is 25.7 Å². The summed E-state index contributed by atoms with van der Waals surface area (Å²) >= 11 is 0. The lowest BCUT2D eigenvalue weighted by atomic mass is 10.1. The second-order valence-electron chi connectivity index (χ2n) is 5.11. The molecule has 0 radical (unpaired) electrons. The lowest BCUT2D eigenvalue weighted by Gasteiger charge is -2.11. The van der Waals surface area contributed by atoms with Gasteiger partial charge in [0.25, 0.3) is 0 Å². The Hall–Kier alpha value is -1.11. The van der Waals surface area contributed by atoms with E-state index in [9.17, 15) is 8.42 Å². The molecule has 3 N–H and O–H groups in total. The fourth-order valence-corrected chi connectivity index (χ4v) is 3.53. The van der Waals surface area contributed by atoms with E-state index in [4.69, 9.17) is 10.5 Å². The lowest BCUT2D eigenvalue weighted by molar-refractivity contribution is 0.328. The van der Waals surface area contributed by atoms with Crippen LogP contribution in [0.15, 0.2) is 29.2 Å². The van der Waals surface area contributed by atoms with Crippen molar-refractivity contribution >= 4 is 10.0 Å². The first-order valence-corrected chi connectivity index (χ1v) is 8.53. The Bertz CT molecular complexity index is 508. The number of benzene rings is 1. The van der Waals surface area contributed by atoms with Gasteiger partial charge in [-0.1, -0.05) is 12.8 Å². The first-order chi connectivity index (χ1) is 9.62. The van der Waals surface area contributed by atoms with Crippen LogP contribution in [0, 0.1) is 5.92 Å². The van der Waals surface area contributed by atoms with E-state index < -0.39 is 10.0 Å². The average molecular weight is 298 g/mol. The summed E-state index contributed by atoms with van der Waals surface area (Å²) in [5, 5.41) is 0. The van der Waals surface area contributed by atoms with Crippen molar-refractivity contribution in [3.63, 3.8) is 0 Å². The lowest BCUT2D eigenvalue weighted by Crippen LogP contribution is -2.28. The van der Waals surface area contributed by atoms with Crippen molar-refractivity contribution < 1.29 is 13.2 Å².